The van der Waals surface area contributed by atoms with Crippen LogP contribution < -0.4 is 5.73 Å². The largest absolute Gasteiger partial charge is 0.326 e. The van der Waals surface area contributed by atoms with Gasteiger partial charge < -0.3 is 5.73 Å². The SMILES string of the molecule is Cc1sc(CN)cc1S(=O)(=O)N1CCCC1(C)C. The van der Waals surface area contributed by atoms with Crippen LogP contribution in [0.2, 0.25) is 0 Å². The average molecular weight is 288 g/mol. The number of nitrogens with zero attached hydrogens (tertiary/aromatic N) is 1. The Balaban J connectivity index is 2.45. The summed E-state index contributed by atoms with van der Waals surface area (Å²) in [5, 5.41) is 0. The van der Waals surface area contributed by atoms with Gasteiger partial charge in [-0.25, -0.2) is 8.42 Å². The summed E-state index contributed by atoms with van der Waals surface area (Å²) in [5.74, 6) is 0. The summed E-state index contributed by atoms with van der Waals surface area (Å²) < 4.78 is 27.0. The molecule has 0 aliphatic carbocycles. The minimum atomic E-state index is -3.38. The quantitative estimate of drug-likeness (QED) is 0.926. The van der Waals surface area contributed by atoms with Gasteiger partial charge in [0, 0.05) is 28.4 Å². The monoisotopic (exact) mass is 288 g/mol. The fourth-order valence-electron chi connectivity index (χ4n) is 2.53. The molecule has 0 atom stereocenters. The number of thiophene rings is 1. The van der Waals surface area contributed by atoms with Gasteiger partial charge in [0.05, 0.1) is 4.90 Å². The highest BCUT2D eigenvalue weighted by Gasteiger charge is 2.41. The van der Waals surface area contributed by atoms with Crippen molar-refractivity contribution < 1.29 is 8.42 Å². The Hall–Kier alpha value is -0.430. The standard InChI is InChI=1S/C12H20N2O2S2/c1-9-11(7-10(8-13)17-9)18(15,16)14-6-4-5-12(14,2)3/h7H,4-6,8,13H2,1-3H3. The lowest BCUT2D eigenvalue weighted by Crippen LogP contribution is -2.42. The van der Waals surface area contributed by atoms with Crippen molar-refractivity contribution in [3.63, 3.8) is 0 Å². The molecule has 0 radical (unpaired) electrons. The molecule has 1 aliphatic rings. The molecule has 6 heteroatoms. The maximum atomic E-state index is 12.7. The molecule has 1 saturated heterocycles. The molecule has 2 rings (SSSR count). The van der Waals surface area contributed by atoms with Crippen molar-refractivity contribution in [3.05, 3.63) is 15.8 Å². The molecule has 0 bridgehead atoms. The Bertz CT molecular complexity index is 546. The van der Waals surface area contributed by atoms with Crippen molar-refractivity contribution >= 4 is 21.4 Å². The van der Waals surface area contributed by atoms with E-state index in [1.54, 1.807) is 10.4 Å². The van der Waals surface area contributed by atoms with E-state index in [1.165, 1.54) is 11.3 Å². The van der Waals surface area contributed by atoms with Crippen LogP contribution in [0.1, 0.15) is 36.4 Å². The normalized spacial score (nSPS) is 20.4. The van der Waals surface area contributed by atoms with E-state index in [0.29, 0.717) is 18.0 Å². The van der Waals surface area contributed by atoms with Gasteiger partial charge in [-0.3, -0.25) is 0 Å². The second kappa shape index (κ2) is 4.59. The van der Waals surface area contributed by atoms with Crippen molar-refractivity contribution in [1.29, 1.82) is 0 Å². The summed E-state index contributed by atoms with van der Waals surface area (Å²) in [7, 11) is -3.38. The topological polar surface area (TPSA) is 63.4 Å². The number of sulfonamides is 1. The third-order valence-corrected chi connectivity index (χ3v) is 6.96. The van der Waals surface area contributed by atoms with Gasteiger partial charge in [-0.2, -0.15) is 4.31 Å². The zero-order chi connectivity index (χ0) is 13.6. The first-order chi connectivity index (χ1) is 8.29. The molecule has 18 heavy (non-hydrogen) atoms. The molecule has 0 spiro atoms. The molecule has 1 fully saturated rings. The molecule has 1 aromatic rings. The number of rotatable bonds is 3. The zero-order valence-corrected chi connectivity index (χ0v) is 12.7. The molecular weight excluding hydrogens is 268 g/mol. The van der Waals surface area contributed by atoms with Gasteiger partial charge in [-0.1, -0.05) is 0 Å². The Morgan fingerprint density at radius 1 is 1.50 bits per heavy atom. The maximum absolute atomic E-state index is 12.7. The van der Waals surface area contributed by atoms with E-state index in [9.17, 15) is 8.42 Å². The highest BCUT2D eigenvalue weighted by Crippen LogP contribution is 2.36. The first kappa shape index (κ1) is 14.0. The van der Waals surface area contributed by atoms with Crippen LogP contribution in [0.5, 0.6) is 0 Å². The van der Waals surface area contributed by atoms with Gasteiger partial charge >= 0.3 is 0 Å². The predicted octanol–water partition coefficient (Wildman–Crippen LogP) is 2.08. The lowest BCUT2D eigenvalue weighted by atomic mass is 10.0. The van der Waals surface area contributed by atoms with E-state index >= 15 is 0 Å². The number of hydrogen-bond acceptors (Lipinski definition) is 4. The van der Waals surface area contributed by atoms with Gasteiger partial charge in [-0.05, 0) is 39.7 Å². The van der Waals surface area contributed by atoms with Crippen LogP contribution in [0.4, 0.5) is 0 Å². The van der Waals surface area contributed by atoms with Gasteiger partial charge in [0.1, 0.15) is 0 Å². The first-order valence-corrected chi connectivity index (χ1v) is 8.37. The van der Waals surface area contributed by atoms with Gasteiger partial charge in [0.25, 0.3) is 0 Å². The fourth-order valence-corrected chi connectivity index (χ4v) is 5.86. The zero-order valence-electron chi connectivity index (χ0n) is 11.1. The summed E-state index contributed by atoms with van der Waals surface area (Å²) in [6.07, 6.45) is 1.85. The van der Waals surface area contributed by atoms with Crippen LogP contribution in [0.3, 0.4) is 0 Å². The molecule has 2 N–H and O–H groups in total. The summed E-state index contributed by atoms with van der Waals surface area (Å²) in [5.41, 5.74) is 5.30. The molecule has 0 saturated carbocycles. The molecule has 0 amide bonds. The van der Waals surface area contributed by atoms with Crippen molar-refractivity contribution in [3.8, 4) is 0 Å². The fraction of sp³-hybridized carbons (Fsp3) is 0.667. The number of aryl methyl sites for hydroxylation is 1. The van der Waals surface area contributed by atoms with Gasteiger partial charge in [0.2, 0.25) is 10.0 Å². The van der Waals surface area contributed by atoms with Crippen molar-refractivity contribution in [2.45, 2.75) is 50.6 Å². The molecule has 1 aliphatic heterocycles. The van der Waals surface area contributed by atoms with Crippen LogP contribution >= 0.6 is 11.3 Å². The van der Waals surface area contributed by atoms with Crippen molar-refractivity contribution in [2.75, 3.05) is 6.54 Å². The Kier molecular flexibility index (Phi) is 3.57. The smallest absolute Gasteiger partial charge is 0.244 e. The van der Waals surface area contributed by atoms with Crippen LogP contribution in [-0.4, -0.2) is 24.8 Å². The summed E-state index contributed by atoms with van der Waals surface area (Å²) >= 11 is 1.47. The van der Waals surface area contributed by atoms with E-state index in [0.717, 1.165) is 22.6 Å². The van der Waals surface area contributed by atoms with E-state index in [4.69, 9.17) is 5.73 Å². The molecule has 1 aromatic heterocycles. The molecule has 0 aromatic carbocycles. The molecule has 4 nitrogen and oxygen atoms in total. The van der Waals surface area contributed by atoms with E-state index in [2.05, 4.69) is 0 Å². The maximum Gasteiger partial charge on any atom is 0.244 e. The minimum absolute atomic E-state index is 0.282. The third-order valence-electron chi connectivity index (χ3n) is 3.52. The van der Waals surface area contributed by atoms with Crippen LogP contribution in [0, 0.1) is 6.92 Å². The lowest BCUT2D eigenvalue weighted by molar-refractivity contribution is 0.291. The Morgan fingerprint density at radius 3 is 2.61 bits per heavy atom. The Morgan fingerprint density at radius 2 is 2.17 bits per heavy atom. The van der Waals surface area contributed by atoms with E-state index in [-0.39, 0.29) is 5.54 Å². The second-order valence-electron chi connectivity index (χ2n) is 5.33. The Labute approximate surface area is 113 Å². The van der Waals surface area contributed by atoms with E-state index in [1.807, 2.05) is 20.8 Å². The van der Waals surface area contributed by atoms with Crippen LogP contribution in [-0.2, 0) is 16.6 Å². The molecule has 2 heterocycles. The average Bonchev–Trinajstić information content (AvgIpc) is 2.81. The van der Waals surface area contributed by atoms with Gasteiger partial charge in [0.15, 0.2) is 0 Å². The number of hydrogen-bond donors (Lipinski definition) is 1. The minimum Gasteiger partial charge on any atom is -0.326 e. The highest BCUT2D eigenvalue weighted by atomic mass is 32.2. The van der Waals surface area contributed by atoms with Crippen LogP contribution in [0.25, 0.3) is 0 Å². The van der Waals surface area contributed by atoms with Crippen LogP contribution in [0.15, 0.2) is 11.0 Å². The van der Waals surface area contributed by atoms with Crippen molar-refractivity contribution in [2.24, 2.45) is 5.73 Å². The first-order valence-electron chi connectivity index (χ1n) is 6.11. The van der Waals surface area contributed by atoms with Crippen molar-refractivity contribution in [1.82, 2.24) is 4.31 Å². The predicted molar refractivity (Wildman–Crippen MR) is 74.2 cm³/mol. The third kappa shape index (κ3) is 2.22. The molecular formula is C12H20N2O2S2. The highest BCUT2D eigenvalue weighted by molar-refractivity contribution is 7.89. The lowest BCUT2D eigenvalue weighted by Gasteiger charge is -2.30. The molecule has 102 valence electrons. The number of nitrogens with two attached hydrogens (primary N) is 1. The summed E-state index contributed by atoms with van der Waals surface area (Å²) in [6, 6.07) is 1.73. The summed E-state index contributed by atoms with van der Waals surface area (Å²) in [4.78, 5) is 2.18. The second-order valence-corrected chi connectivity index (χ2v) is 8.50. The van der Waals surface area contributed by atoms with Gasteiger partial charge in [-0.15, -0.1) is 11.3 Å². The summed E-state index contributed by atoms with van der Waals surface area (Å²) in [6.45, 7) is 6.83. The van der Waals surface area contributed by atoms with E-state index < -0.39 is 10.0 Å². The molecule has 0 unspecified atom stereocenters.